The maximum Gasteiger partial charge on any atom is 0.0178 e. The third-order valence-corrected chi connectivity index (χ3v) is 3.97. The number of allylic oxidation sites excluding steroid dienone is 8. The van der Waals surface area contributed by atoms with E-state index in [1.165, 1.54) is 16.7 Å². The van der Waals surface area contributed by atoms with Gasteiger partial charge in [-0.15, -0.1) is 0 Å². The highest BCUT2D eigenvalue weighted by atomic mass is 79.9. The molecule has 0 fully saturated rings. The summed E-state index contributed by atoms with van der Waals surface area (Å²) in [7, 11) is 0. The Bertz CT molecular complexity index is 557. The van der Waals surface area contributed by atoms with Crippen molar-refractivity contribution in [2.75, 3.05) is 0 Å². The lowest BCUT2D eigenvalue weighted by Crippen LogP contribution is -1.86. The fraction of sp³-hybridized carbons (Fsp3) is 0.176. The molecule has 0 unspecified atom stereocenters. The summed E-state index contributed by atoms with van der Waals surface area (Å²) in [6.07, 6.45) is 12.9. The first-order valence-electron chi connectivity index (χ1n) is 6.38. The Morgan fingerprint density at radius 2 is 1.84 bits per heavy atom. The average molecular weight is 380 g/mol. The van der Waals surface area contributed by atoms with Crippen molar-refractivity contribution in [2.45, 2.75) is 19.8 Å². The molecule has 1 aliphatic carbocycles. The fourth-order valence-corrected chi connectivity index (χ4v) is 2.66. The lowest BCUT2D eigenvalue weighted by Gasteiger charge is -2.07. The van der Waals surface area contributed by atoms with Crippen molar-refractivity contribution in [3.63, 3.8) is 0 Å². The van der Waals surface area contributed by atoms with Gasteiger partial charge in [0.2, 0.25) is 0 Å². The van der Waals surface area contributed by atoms with E-state index in [1.54, 1.807) is 0 Å². The van der Waals surface area contributed by atoms with Gasteiger partial charge < -0.3 is 0 Å². The molecule has 19 heavy (non-hydrogen) atoms. The van der Waals surface area contributed by atoms with Gasteiger partial charge in [-0.2, -0.15) is 0 Å². The maximum atomic E-state index is 3.58. The van der Waals surface area contributed by atoms with E-state index >= 15 is 0 Å². The van der Waals surface area contributed by atoms with Gasteiger partial charge in [0.15, 0.2) is 0 Å². The van der Waals surface area contributed by atoms with Gasteiger partial charge >= 0.3 is 0 Å². The molecule has 0 bridgehead atoms. The van der Waals surface area contributed by atoms with Crippen LogP contribution >= 0.6 is 31.9 Å². The monoisotopic (exact) mass is 378 g/mol. The van der Waals surface area contributed by atoms with E-state index in [0.717, 1.165) is 21.8 Å². The van der Waals surface area contributed by atoms with Crippen LogP contribution in [0.4, 0.5) is 0 Å². The number of rotatable bonds is 3. The fourth-order valence-electron chi connectivity index (χ4n) is 1.97. The van der Waals surface area contributed by atoms with Crippen LogP contribution in [0.25, 0.3) is 5.57 Å². The van der Waals surface area contributed by atoms with Crippen molar-refractivity contribution in [2.24, 2.45) is 0 Å². The first-order chi connectivity index (χ1) is 9.19. The molecule has 98 valence electrons. The summed E-state index contributed by atoms with van der Waals surface area (Å²) in [6.45, 7) is 2.16. The van der Waals surface area contributed by atoms with Gasteiger partial charge in [-0.05, 0) is 53.8 Å². The van der Waals surface area contributed by atoms with Crippen LogP contribution in [-0.4, -0.2) is 0 Å². The van der Waals surface area contributed by atoms with E-state index in [-0.39, 0.29) is 0 Å². The van der Waals surface area contributed by atoms with Gasteiger partial charge in [0, 0.05) is 8.96 Å². The highest BCUT2D eigenvalue weighted by molar-refractivity contribution is 9.12. The second-order valence-electron chi connectivity index (χ2n) is 4.46. The minimum Gasteiger partial charge on any atom is -0.0845 e. The Hall–Kier alpha value is -0.860. The molecular weight excluding hydrogens is 364 g/mol. The molecule has 0 saturated carbocycles. The first kappa shape index (κ1) is 14.5. The van der Waals surface area contributed by atoms with E-state index in [9.17, 15) is 0 Å². The Balaban J connectivity index is 2.29. The molecule has 2 rings (SSSR count). The van der Waals surface area contributed by atoms with E-state index in [1.807, 2.05) is 0 Å². The number of hydrogen-bond donors (Lipinski definition) is 0. The standard InChI is InChI=1S/C17H16Br2/c1-2-3-4-13-11-15(7-10-17(19)12-13)14-5-8-16(18)9-6-14/h3-10,12H,2,11H2,1H3/b4-3+. The van der Waals surface area contributed by atoms with Crippen molar-refractivity contribution in [3.8, 4) is 0 Å². The SMILES string of the molecule is CC/C=C/C1=CC(Br)=CC=C(c2ccc(Br)cc2)C1. The van der Waals surface area contributed by atoms with Gasteiger partial charge in [0.25, 0.3) is 0 Å². The molecule has 0 N–H and O–H groups in total. The number of hydrogen-bond acceptors (Lipinski definition) is 0. The van der Waals surface area contributed by atoms with Crippen LogP contribution in [0.3, 0.4) is 0 Å². The lowest BCUT2D eigenvalue weighted by atomic mass is 9.98. The quantitative estimate of drug-likeness (QED) is 0.569. The molecule has 1 aromatic rings. The van der Waals surface area contributed by atoms with Crippen LogP contribution in [0.1, 0.15) is 25.3 Å². The van der Waals surface area contributed by atoms with Crippen LogP contribution in [0.5, 0.6) is 0 Å². The second kappa shape index (κ2) is 7.06. The zero-order chi connectivity index (χ0) is 13.7. The highest BCUT2D eigenvalue weighted by Gasteiger charge is 2.06. The molecule has 0 amide bonds. The van der Waals surface area contributed by atoms with Crippen molar-refractivity contribution >= 4 is 37.4 Å². The number of halogens is 2. The molecule has 0 spiro atoms. The topological polar surface area (TPSA) is 0 Å². The van der Waals surface area contributed by atoms with Crippen molar-refractivity contribution in [1.29, 1.82) is 0 Å². The molecule has 0 aliphatic heterocycles. The molecule has 0 radical (unpaired) electrons. The normalized spacial score (nSPS) is 15.8. The van der Waals surface area contributed by atoms with Crippen LogP contribution in [-0.2, 0) is 0 Å². The molecular formula is C17H16Br2. The molecule has 0 heterocycles. The maximum absolute atomic E-state index is 3.58. The third-order valence-electron chi connectivity index (χ3n) is 2.94. The van der Waals surface area contributed by atoms with Crippen molar-refractivity contribution in [3.05, 3.63) is 74.7 Å². The minimum atomic E-state index is 0.962. The molecule has 1 aliphatic rings. The van der Waals surface area contributed by atoms with E-state index in [2.05, 4.69) is 93.4 Å². The molecule has 2 heteroatoms. The van der Waals surface area contributed by atoms with Crippen LogP contribution in [0, 0.1) is 0 Å². The largest absolute Gasteiger partial charge is 0.0845 e. The summed E-state index contributed by atoms with van der Waals surface area (Å²) in [5.41, 5.74) is 3.95. The summed E-state index contributed by atoms with van der Waals surface area (Å²) >= 11 is 7.06. The van der Waals surface area contributed by atoms with E-state index in [0.29, 0.717) is 0 Å². The van der Waals surface area contributed by atoms with E-state index < -0.39 is 0 Å². The molecule has 0 aromatic heterocycles. The zero-order valence-corrected chi connectivity index (χ0v) is 14.0. The predicted octanol–water partition coefficient (Wildman–Crippen LogP) is 6.41. The lowest BCUT2D eigenvalue weighted by molar-refractivity contribution is 1.20. The Kier molecular flexibility index (Phi) is 5.41. The smallest absolute Gasteiger partial charge is 0.0178 e. The highest BCUT2D eigenvalue weighted by Crippen LogP contribution is 2.29. The second-order valence-corrected chi connectivity index (χ2v) is 6.29. The summed E-state index contributed by atoms with van der Waals surface area (Å²) in [5, 5.41) is 0. The van der Waals surface area contributed by atoms with E-state index in [4.69, 9.17) is 0 Å². The minimum absolute atomic E-state index is 0.962. The summed E-state index contributed by atoms with van der Waals surface area (Å²) in [6, 6.07) is 8.49. The van der Waals surface area contributed by atoms with Crippen LogP contribution < -0.4 is 0 Å². The first-order valence-corrected chi connectivity index (χ1v) is 7.97. The summed E-state index contributed by atoms with van der Waals surface area (Å²) in [5.74, 6) is 0. The summed E-state index contributed by atoms with van der Waals surface area (Å²) < 4.78 is 2.24. The van der Waals surface area contributed by atoms with Gasteiger partial charge in [0.05, 0.1) is 0 Å². The van der Waals surface area contributed by atoms with Crippen LogP contribution in [0.15, 0.2) is 69.2 Å². The van der Waals surface area contributed by atoms with Crippen LogP contribution in [0.2, 0.25) is 0 Å². The average Bonchev–Trinajstić information content (AvgIpc) is 2.59. The summed E-state index contributed by atoms with van der Waals surface area (Å²) in [4.78, 5) is 0. The molecule has 0 atom stereocenters. The Morgan fingerprint density at radius 3 is 2.53 bits per heavy atom. The number of benzene rings is 1. The Morgan fingerprint density at radius 1 is 1.11 bits per heavy atom. The van der Waals surface area contributed by atoms with Crippen molar-refractivity contribution in [1.82, 2.24) is 0 Å². The van der Waals surface area contributed by atoms with Crippen molar-refractivity contribution < 1.29 is 0 Å². The molecule has 0 saturated heterocycles. The Labute approximate surface area is 131 Å². The molecule has 0 nitrogen and oxygen atoms in total. The van der Waals surface area contributed by atoms with Gasteiger partial charge in [-0.1, -0.05) is 69.1 Å². The third kappa shape index (κ3) is 4.32. The van der Waals surface area contributed by atoms with Gasteiger partial charge in [-0.25, -0.2) is 0 Å². The van der Waals surface area contributed by atoms with Gasteiger partial charge in [-0.3, -0.25) is 0 Å². The predicted molar refractivity (Wildman–Crippen MR) is 91.3 cm³/mol. The van der Waals surface area contributed by atoms with Gasteiger partial charge in [0.1, 0.15) is 0 Å². The molecule has 1 aromatic carbocycles. The zero-order valence-electron chi connectivity index (χ0n) is 10.9.